The van der Waals surface area contributed by atoms with E-state index in [1.807, 2.05) is 44.2 Å². The highest BCUT2D eigenvalue weighted by atomic mass is 35.5. The molecule has 10 heteroatoms. The molecule has 0 heterocycles. The van der Waals surface area contributed by atoms with E-state index in [1.54, 1.807) is 24.0 Å². The molecule has 0 bridgehead atoms. The maximum Gasteiger partial charge on any atom is 0.242 e. The average Bonchev–Trinajstić information content (AvgIpc) is 2.84. The van der Waals surface area contributed by atoms with Gasteiger partial charge < -0.3 is 15.0 Å². The molecule has 2 aromatic rings. The van der Waals surface area contributed by atoms with Gasteiger partial charge in [-0.25, -0.2) is 8.42 Å². The molecule has 2 amide bonds. The fourth-order valence-corrected chi connectivity index (χ4v) is 5.05. The maximum atomic E-state index is 13.3. The predicted octanol–water partition coefficient (Wildman–Crippen LogP) is 4.13. The number of carbonyl (C=O) groups is 2. The van der Waals surface area contributed by atoms with E-state index in [1.165, 1.54) is 17.5 Å². The van der Waals surface area contributed by atoms with Gasteiger partial charge in [0.15, 0.2) is 0 Å². The number of rotatable bonds is 14. The van der Waals surface area contributed by atoms with Gasteiger partial charge in [0, 0.05) is 26.1 Å². The quantitative estimate of drug-likeness (QED) is 0.381. The van der Waals surface area contributed by atoms with Gasteiger partial charge in [0.2, 0.25) is 21.8 Å². The zero-order chi connectivity index (χ0) is 27.6. The number of sulfonamides is 1. The lowest BCUT2D eigenvalue weighted by atomic mass is 10.1. The largest absolute Gasteiger partial charge is 0.495 e. The Labute approximate surface area is 226 Å². The number of halogens is 1. The Bertz CT molecular complexity index is 1140. The molecular formula is C27H38ClN3O5S. The third-order valence-corrected chi connectivity index (χ3v) is 7.40. The lowest BCUT2D eigenvalue weighted by molar-refractivity contribution is -0.140. The highest BCUT2D eigenvalue weighted by Crippen LogP contribution is 2.30. The van der Waals surface area contributed by atoms with Crippen LogP contribution in [0.5, 0.6) is 5.75 Å². The monoisotopic (exact) mass is 551 g/mol. The number of methoxy groups -OCH3 is 1. The molecule has 0 aliphatic heterocycles. The summed E-state index contributed by atoms with van der Waals surface area (Å²) in [5, 5.41) is 3.19. The van der Waals surface area contributed by atoms with Gasteiger partial charge in [-0.2, -0.15) is 0 Å². The molecule has 37 heavy (non-hydrogen) atoms. The second-order valence-corrected chi connectivity index (χ2v) is 11.7. The molecule has 0 aliphatic rings. The van der Waals surface area contributed by atoms with Crippen molar-refractivity contribution in [1.82, 2.24) is 10.2 Å². The third-order valence-electron chi connectivity index (χ3n) is 5.91. The fourth-order valence-electron chi connectivity index (χ4n) is 3.84. The summed E-state index contributed by atoms with van der Waals surface area (Å²) in [6, 6.07) is 13.9. The van der Waals surface area contributed by atoms with Crippen LogP contribution in [-0.2, 0) is 26.0 Å². The number of anilines is 1. The van der Waals surface area contributed by atoms with Crippen LogP contribution in [0.2, 0.25) is 5.02 Å². The van der Waals surface area contributed by atoms with Crippen molar-refractivity contribution in [3.8, 4) is 5.75 Å². The van der Waals surface area contributed by atoms with E-state index >= 15 is 0 Å². The summed E-state index contributed by atoms with van der Waals surface area (Å²) in [4.78, 5) is 27.6. The first-order chi connectivity index (χ1) is 17.4. The van der Waals surface area contributed by atoms with Crippen molar-refractivity contribution in [2.75, 3.05) is 37.3 Å². The molecule has 2 rings (SSSR count). The minimum atomic E-state index is -3.62. The molecule has 0 unspecified atom stereocenters. The molecule has 204 valence electrons. The summed E-state index contributed by atoms with van der Waals surface area (Å²) >= 11 is 6.20. The van der Waals surface area contributed by atoms with Crippen molar-refractivity contribution < 1.29 is 22.7 Å². The molecule has 0 aromatic heterocycles. The number of hydrogen-bond donors (Lipinski definition) is 1. The Kier molecular flexibility index (Phi) is 11.7. The molecule has 2 aromatic carbocycles. The highest BCUT2D eigenvalue weighted by molar-refractivity contribution is 7.92. The number of benzene rings is 2. The number of hydrogen-bond acceptors (Lipinski definition) is 5. The van der Waals surface area contributed by atoms with Crippen LogP contribution in [0.25, 0.3) is 0 Å². The summed E-state index contributed by atoms with van der Waals surface area (Å²) in [5.74, 6) is 0.316. The molecule has 0 fully saturated rings. The molecule has 0 aliphatic carbocycles. The van der Waals surface area contributed by atoms with Crippen molar-refractivity contribution in [2.24, 2.45) is 5.92 Å². The number of nitrogens with zero attached hydrogens (tertiary/aromatic N) is 2. The van der Waals surface area contributed by atoms with Crippen LogP contribution < -0.4 is 14.4 Å². The molecule has 8 nitrogen and oxygen atoms in total. The maximum absolute atomic E-state index is 13.3. The van der Waals surface area contributed by atoms with E-state index in [4.69, 9.17) is 16.3 Å². The van der Waals surface area contributed by atoms with E-state index in [-0.39, 0.29) is 42.1 Å². The van der Waals surface area contributed by atoms with Crippen LogP contribution in [0.4, 0.5) is 5.69 Å². The van der Waals surface area contributed by atoms with Gasteiger partial charge in [-0.15, -0.1) is 0 Å². The SMILES string of the molecule is COc1ccc(N(CCCC(=O)N(CCc2ccccc2)[C@@H](C)C(=O)NCC(C)C)S(C)(=O)=O)cc1Cl. The molecule has 1 N–H and O–H groups in total. The first-order valence-corrected chi connectivity index (χ1v) is 14.6. The van der Waals surface area contributed by atoms with Gasteiger partial charge in [-0.3, -0.25) is 13.9 Å². The molecule has 0 spiro atoms. The van der Waals surface area contributed by atoms with Crippen molar-refractivity contribution in [1.29, 1.82) is 0 Å². The number of amides is 2. The Morgan fingerprint density at radius 3 is 2.30 bits per heavy atom. The number of nitrogens with one attached hydrogen (secondary N) is 1. The minimum Gasteiger partial charge on any atom is -0.495 e. The van der Waals surface area contributed by atoms with Gasteiger partial charge in [-0.05, 0) is 49.4 Å². The van der Waals surface area contributed by atoms with E-state index in [0.717, 1.165) is 11.8 Å². The Hall–Kier alpha value is -2.78. The molecule has 1 atom stereocenters. The zero-order valence-electron chi connectivity index (χ0n) is 22.2. The summed E-state index contributed by atoms with van der Waals surface area (Å²) in [6.45, 7) is 6.73. The topological polar surface area (TPSA) is 96.0 Å². The Morgan fingerprint density at radius 2 is 1.73 bits per heavy atom. The summed E-state index contributed by atoms with van der Waals surface area (Å²) < 4.78 is 31.4. The van der Waals surface area contributed by atoms with E-state index in [0.29, 0.717) is 30.9 Å². The first kappa shape index (κ1) is 30.4. The van der Waals surface area contributed by atoms with Crippen molar-refractivity contribution in [3.63, 3.8) is 0 Å². The van der Waals surface area contributed by atoms with E-state index in [2.05, 4.69) is 5.32 Å². The second kappa shape index (κ2) is 14.2. The zero-order valence-corrected chi connectivity index (χ0v) is 23.8. The lowest BCUT2D eigenvalue weighted by Crippen LogP contribution is -2.49. The van der Waals surface area contributed by atoms with Gasteiger partial charge in [-0.1, -0.05) is 55.8 Å². The lowest BCUT2D eigenvalue weighted by Gasteiger charge is -2.29. The molecular weight excluding hydrogens is 514 g/mol. The van der Waals surface area contributed by atoms with Gasteiger partial charge in [0.05, 0.1) is 24.1 Å². The molecule has 0 saturated heterocycles. The number of carbonyl (C=O) groups excluding carboxylic acids is 2. The smallest absolute Gasteiger partial charge is 0.242 e. The van der Waals surface area contributed by atoms with Crippen LogP contribution in [0.3, 0.4) is 0 Å². The normalized spacial score (nSPS) is 12.2. The van der Waals surface area contributed by atoms with Crippen LogP contribution >= 0.6 is 11.6 Å². The fraction of sp³-hybridized carbons (Fsp3) is 0.481. The molecule has 0 radical (unpaired) electrons. The van der Waals surface area contributed by atoms with Gasteiger partial charge in [0.1, 0.15) is 11.8 Å². The molecule has 0 saturated carbocycles. The van der Waals surface area contributed by atoms with Gasteiger partial charge >= 0.3 is 0 Å². The van der Waals surface area contributed by atoms with Crippen LogP contribution in [0.1, 0.15) is 39.2 Å². The second-order valence-electron chi connectivity index (χ2n) is 9.40. The Morgan fingerprint density at radius 1 is 1.05 bits per heavy atom. The summed E-state index contributed by atoms with van der Waals surface area (Å²) in [6.07, 6.45) is 2.08. The van der Waals surface area contributed by atoms with Crippen LogP contribution in [-0.4, -0.2) is 64.2 Å². The van der Waals surface area contributed by atoms with Crippen molar-refractivity contribution in [2.45, 2.75) is 46.1 Å². The van der Waals surface area contributed by atoms with Crippen molar-refractivity contribution >= 4 is 39.1 Å². The predicted molar refractivity (Wildman–Crippen MR) is 149 cm³/mol. The minimum absolute atomic E-state index is 0.0898. The first-order valence-electron chi connectivity index (χ1n) is 12.4. The van der Waals surface area contributed by atoms with Crippen molar-refractivity contribution in [3.05, 3.63) is 59.1 Å². The van der Waals surface area contributed by atoms with Crippen LogP contribution in [0.15, 0.2) is 48.5 Å². The van der Waals surface area contributed by atoms with E-state index < -0.39 is 16.1 Å². The standard InChI is InChI=1S/C27H38ClN3O5S/c1-20(2)19-29-27(33)21(3)30(17-15-22-10-7-6-8-11-22)26(32)12-9-16-31(37(5,34)35)23-13-14-25(36-4)24(28)18-23/h6-8,10-11,13-14,18,20-21H,9,12,15-17,19H2,1-5H3,(H,29,33)/t21-/m0/s1. The average molecular weight is 552 g/mol. The Balaban J connectivity index is 2.12. The number of ether oxygens (including phenoxy) is 1. The summed E-state index contributed by atoms with van der Waals surface area (Å²) in [5.41, 5.74) is 1.46. The summed E-state index contributed by atoms with van der Waals surface area (Å²) in [7, 11) is -2.14. The van der Waals surface area contributed by atoms with Crippen LogP contribution in [0, 0.1) is 5.92 Å². The van der Waals surface area contributed by atoms with Gasteiger partial charge in [0.25, 0.3) is 0 Å². The highest BCUT2D eigenvalue weighted by Gasteiger charge is 2.26. The third kappa shape index (κ3) is 9.55. The van der Waals surface area contributed by atoms with E-state index in [9.17, 15) is 18.0 Å².